The summed E-state index contributed by atoms with van der Waals surface area (Å²) < 4.78 is 50.2. The van der Waals surface area contributed by atoms with E-state index in [0.717, 1.165) is 0 Å². The Kier molecular flexibility index (Phi) is 14.0. The maximum atomic E-state index is 14.2. The summed E-state index contributed by atoms with van der Waals surface area (Å²) in [7, 11) is 0. The summed E-state index contributed by atoms with van der Waals surface area (Å²) in [5.74, 6) is -31.1. The minimum Gasteiger partial charge on any atom is -0.427 e. The average molecular weight is 853 g/mol. The van der Waals surface area contributed by atoms with Crippen LogP contribution in [-0.2, 0) is 119 Å². The summed E-state index contributed by atoms with van der Waals surface area (Å²) in [4.78, 5) is 176. The molecule has 0 aromatic carbocycles. The molecule has 1 amide bonds. The van der Waals surface area contributed by atoms with Crippen LogP contribution in [0.5, 0.6) is 0 Å². The Morgan fingerprint density at radius 3 is 1.26 bits per heavy atom. The van der Waals surface area contributed by atoms with Gasteiger partial charge in [0, 0.05) is 81.0 Å². The molecule has 0 saturated carbocycles. The van der Waals surface area contributed by atoms with Crippen LogP contribution in [-0.4, -0.2) is 110 Å². The van der Waals surface area contributed by atoms with Gasteiger partial charge in [0.2, 0.25) is 0 Å². The highest BCUT2D eigenvalue weighted by atomic mass is 32.2. The molecule has 2 atom stereocenters. The number of esters is 10. The van der Waals surface area contributed by atoms with Gasteiger partial charge in [-0.1, -0.05) is 0 Å². The van der Waals surface area contributed by atoms with Gasteiger partial charge >= 0.3 is 99.5 Å². The summed E-state index contributed by atoms with van der Waals surface area (Å²) in [5, 5.41) is -7.27. The van der Waals surface area contributed by atoms with Crippen molar-refractivity contribution >= 4 is 89.3 Å². The van der Waals surface area contributed by atoms with Gasteiger partial charge in [-0.2, -0.15) is 0 Å². The first-order chi connectivity index (χ1) is 26.4. The topological polar surface area (TPSA) is 362 Å². The van der Waals surface area contributed by atoms with Crippen LogP contribution in [0.25, 0.3) is 0 Å². The highest BCUT2D eigenvalue weighted by Gasteiger charge is 2.86. The van der Waals surface area contributed by atoms with Crippen LogP contribution in [0.4, 0.5) is 0 Å². The molecule has 2 aliphatic rings. The Morgan fingerprint density at radius 2 is 0.914 bits per heavy atom. The monoisotopic (exact) mass is 852 g/mol. The molecule has 0 radical (unpaired) electrons. The fraction of sp³-hybridized carbons (Fsp3) is 0.500. The molecular formula is C30H32N2O25S. The first kappa shape index (κ1) is 47.3. The molecular weight excluding hydrogens is 820 g/mol. The molecule has 0 bridgehead atoms. The summed E-state index contributed by atoms with van der Waals surface area (Å²) in [6.07, 6.45) is 0. The minimum atomic E-state index is -4.42. The second-order valence-corrected chi connectivity index (χ2v) is 12.4. The largest absolute Gasteiger partial charge is 0.530 e. The predicted molar refractivity (Wildman–Crippen MR) is 169 cm³/mol. The van der Waals surface area contributed by atoms with E-state index < -0.39 is 128 Å². The lowest BCUT2D eigenvalue weighted by Gasteiger charge is -2.62. The van der Waals surface area contributed by atoms with Gasteiger partial charge in [0.15, 0.2) is 11.3 Å². The van der Waals surface area contributed by atoms with Crippen LogP contribution in [0.2, 0.25) is 0 Å². The molecule has 0 unspecified atom stereocenters. The van der Waals surface area contributed by atoms with Gasteiger partial charge in [-0.05, 0) is 0 Å². The SMILES string of the molecule is CC(=O)OOC(=O)C1=C(C(OC(C)=O)(OC(C)=O)OC(=O)C(OC(C)=O)(OC(C)=O)OC(C)=O)C(OC(C)=O)(OC(C)=O)S[C@@]2(OC(C)=O)N1C(=O)[C@]2(N)OC(C)=O. The van der Waals surface area contributed by atoms with E-state index in [0.29, 0.717) is 69.2 Å². The van der Waals surface area contributed by atoms with Crippen molar-refractivity contribution < 1.29 is 119 Å². The van der Waals surface area contributed by atoms with Gasteiger partial charge in [0.05, 0.1) is 0 Å². The van der Waals surface area contributed by atoms with Gasteiger partial charge in [-0.15, -0.1) is 0 Å². The Morgan fingerprint density at radius 1 is 0.517 bits per heavy atom. The van der Waals surface area contributed by atoms with E-state index in [4.69, 9.17) is 38.9 Å². The normalized spacial score (nSPS) is 19.2. The van der Waals surface area contributed by atoms with E-state index in [-0.39, 0.29) is 4.90 Å². The lowest BCUT2D eigenvalue weighted by Crippen LogP contribution is -2.89. The number of nitrogens with zero attached hydrogens (tertiary/aromatic N) is 1. The predicted octanol–water partition coefficient (Wildman–Crippen LogP) is -2.27. The number of hydrogen-bond acceptors (Lipinski definition) is 27. The van der Waals surface area contributed by atoms with Crippen molar-refractivity contribution in [3.63, 3.8) is 0 Å². The molecule has 2 heterocycles. The number of hydrogen-bond donors (Lipinski definition) is 1. The third-order valence-electron chi connectivity index (χ3n) is 6.07. The Balaban J connectivity index is 3.56. The number of carbonyl (C=O) groups is 13. The number of rotatable bonds is 13. The summed E-state index contributed by atoms with van der Waals surface area (Å²) in [6.45, 7) is 5.69. The van der Waals surface area contributed by atoms with Gasteiger partial charge in [0.25, 0.3) is 5.91 Å². The van der Waals surface area contributed by atoms with E-state index in [1.54, 1.807) is 0 Å². The third kappa shape index (κ3) is 9.57. The lowest BCUT2D eigenvalue weighted by molar-refractivity contribution is -0.360. The number of amides is 1. The Bertz CT molecular complexity index is 1850. The first-order valence-electron chi connectivity index (χ1n) is 15.4. The lowest BCUT2D eigenvalue weighted by atomic mass is 9.94. The third-order valence-corrected chi connectivity index (χ3v) is 7.55. The van der Waals surface area contributed by atoms with Gasteiger partial charge in [-0.25, -0.2) is 29.1 Å². The van der Waals surface area contributed by atoms with Crippen molar-refractivity contribution in [2.45, 2.75) is 97.1 Å². The molecule has 2 aliphatic heterocycles. The van der Waals surface area contributed by atoms with Crippen molar-refractivity contribution in [3.05, 3.63) is 11.3 Å². The molecule has 1 saturated heterocycles. The van der Waals surface area contributed by atoms with Crippen molar-refractivity contribution in [2.75, 3.05) is 0 Å². The van der Waals surface area contributed by atoms with E-state index in [1.807, 2.05) is 0 Å². The van der Waals surface area contributed by atoms with Crippen LogP contribution < -0.4 is 5.73 Å². The molecule has 2 N–H and O–H groups in total. The number of ether oxygens (including phenoxy) is 10. The summed E-state index contributed by atoms with van der Waals surface area (Å²) >= 11 is -0.515. The maximum Gasteiger partial charge on any atom is 0.530 e. The van der Waals surface area contributed by atoms with Crippen molar-refractivity contribution in [2.24, 2.45) is 5.73 Å². The van der Waals surface area contributed by atoms with E-state index in [2.05, 4.69) is 24.0 Å². The van der Waals surface area contributed by atoms with Crippen LogP contribution in [0.15, 0.2) is 11.3 Å². The number of fused-ring (bicyclic) bond motifs is 1. The fourth-order valence-electron chi connectivity index (χ4n) is 4.82. The quantitative estimate of drug-likeness (QED) is 0.0510. The number of β-lactam (4-membered cyclic amide) rings is 1. The molecule has 0 spiro atoms. The fourth-order valence-corrected chi connectivity index (χ4v) is 6.53. The number of carbonyl (C=O) groups excluding carboxylic acids is 13. The minimum absolute atomic E-state index is 0.137. The van der Waals surface area contributed by atoms with Crippen molar-refractivity contribution in [1.29, 1.82) is 0 Å². The maximum absolute atomic E-state index is 14.2. The number of thioether (sulfide) groups is 1. The van der Waals surface area contributed by atoms with Crippen LogP contribution in [0.1, 0.15) is 69.2 Å². The highest BCUT2D eigenvalue weighted by molar-refractivity contribution is 8.02. The molecule has 1 fully saturated rings. The molecule has 28 heteroatoms. The number of nitrogens with two attached hydrogens (primary N) is 1. The average Bonchev–Trinajstić information content (AvgIpc) is 2.99. The molecule has 27 nitrogen and oxygen atoms in total. The molecule has 0 aromatic heterocycles. The molecule has 0 aliphatic carbocycles. The van der Waals surface area contributed by atoms with Gasteiger partial charge in [0.1, 0.15) is 0 Å². The molecule has 58 heavy (non-hydrogen) atoms. The zero-order valence-corrected chi connectivity index (χ0v) is 32.5. The second kappa shape index (κ2) is 17.1. The zero-order valence-electron chi connectivity index (χ0n) is 31.6. The summed E-state index contributed by atoms with van der Waals surface area (Å²) in [6, 6.07) is 0. The van der Waals surface area contributed by atoms with Crippen LogP contribution in [0.3, 0.4) is 0 Å². The highest BCUT2D eigenvalue weighted by Crippen LogP contribution is 2.64. The van der Waals surface area contributed by atoms with Crippen LogP contribution in [0, 0.1) is 0 Å². The van der Waals surface area contributed by atoms with Gasteiger partial charge < -0.3 is 47.4 Å². The molecule has 2 rings (SSSR count). The standard InChI is InChI=1S/C30H32N2O25S/c1-11(33)46-26(31)24(44)32-21(23(43)57-56-20(10)42)22(29(52-17(7)39,53-18(8)40)58-30(26,32)54-19(9)41)27(47-12(2)34,48-13(3)35)55-25(45)28(49-14(4)36,50-15(5)37)51-16(6)38/h31H2,1-10H3/t26-,30+/m0/s1. The Labute approximate surface area is 327 Å². The van der Waals surface area contributed by atoms with Crippen molar-refractivity contribution in [1.82, 2.24) is 4.90 Å². The second-order valence-electron chi connectivity index (χ2n) is 11.1. The van der Waals surface area contributed by atoms with E-state index in [9.17, 15) is 62.3 Å². The van der Waals surface area contributed by atoms with Crippen molar-refractivity contribution in [3.8, 4) is 0 Å². The van der Waals surface area contributed by atoms with Gasteiger partial charge in [-0.3, -0.25) is 53.7 Å². The van der Waals surface area contributed by atoms with Crippen LogP contribution >= 0.6 is 11.8 Å². The molecule has 318 valence electrons. The summed E-state index contributed by atoms with van der Waals surface area (Å²) in [5.41, 5.74) is -0.995. The Hall–Kier alpha value is -6.84. The zero-order chi connectivity index (χ0) is 44.9. The smallest absolute Gasteiger partial charge is 0.427 e. The van der Waals surface area contributed by atoms with E-state index in [1.165, 1.54) is 0 Å². The van der Waals surface area contributed by atoms with E-state index >= 15 is 0 Å². The molecule has 0 aromatic rings. The first-order valence-corrected chi connectivity index (χ1v) is 16.2.